The minimum Gasteiger partial charge on any atom is -0.468 e. The van der Waals surface area contributed by atoms with Crippen LogP contribution < -0.4 is 5.32 Å². The second kappa shape index (κ2) is 8.72. The lowest BCUT2D eigenvalue weighted by molar-refractivity contribution is 0.472. The molecule has 1 atom stereocenters. The fourth-order valence-electron chi connectivity index (χ4n) is 2.92. The highest BCUT2D eigenvalue weighted by molar-refractivity contribution is 6.30. The van der Waals surface area contributed by atoms with Crippen molar-refractivity contribution in [2.75, 3.05) is 6.54 Å². The second-order valence-electron chi connectivity index (χ2n) is 5.98. The van der Waals surface area contributed by atoms with E-state index in [1.54, 1.807) is 6.26 Å². The van der Waals surface area contributed by atoms with Crippen LogP contribution in [-0.4, -0.2) is 6.54 Å². The van der Waals surface area contributed by atoms with Gasteiger partial charge in [0.1, 0.15) is 5.76 Å². The van der Waals surface area contributed by atoms with Gasteiger partial charge in [-0.1, -0.05) is 54.1 Å². The fraction of sp³-hybridized carbons (Fsp3) is 0.238. The lowest BCUT2D eigenvalue weighted by Gasteiger charge is -2.18. The Morgan fingerprint density at radius 1 is 0.917 bits per heavy atom. The zero-order valence-corrected chi connectivity index (χ0v) is 14.4. The van der Waals surface area contributed by atoms with Crippen molar-refractivity contribution in [3.05, 3.63) is 94.9 Å². The minimum atomic E-state index is 0.466. The monoisotopic (exact) mass is 339 g/mol. The molecule has 0 aliphatic carbocycles. The molecule has 24 heavy (non-hydrogen) atoms. The molecule has 3 heteroatoms. The van der Waals surface area contributed by atoms with E-state index >= 15 is 0 Å². The van der Waals surface area contributed by atoms with Crippen LogP contribution in [0.5, 0.6) is 0 Å². The molecule has 0 unspecified atom stereocenters. The summed E-state index contributed by atoms with van der Waals surface area (Å²) in [6, 6.07) is 22.8. The van der Waals surface area contributed by atoms with E-state index in [-0.39, 0.29) is 0 Å². The number of hydrogen-bond donors (Lipinski definition) is 1. The molecule has 0 fully saturated rings. The lowest BCUT2D eigenvalue weighted by Crippen LogP contribution is -2.18. The van der Waals surface area contributed by atoms with Crippen LogP contribution in [0.4, 0.5) is 0 Å². The van der Waals surface area contributed by atoms with Crippen molar-refractivity contribution >= 4 is 11.6 Å². The summed E-state index contributed by atoms with van der Waals surface area (Å²) in [5, 5.41) is 4.25. The van der Waals surface area contributed by atoms with Gasteiger partial charge in [-0.2, -0.15) is 0 Å². The van der Waals surface area contributed by atoms with E-state index < -0.39 is 0 Å². The first-order chi connectivity index (χ1) is 11.8. The van der Waals surface area contributed by atoms with Crippen LogP contribution >= 0.6 is 11.6 Å². The van der Waals surface area contributed by atoms with E-state index in [4.69, 9.17) is 16.0 Å². The standard InChI is InChI=1S/C21H22ClNO/c22-20-10-8-18(9-11-20)19(15-17-5-2-1-3-6-17)12-13-23-16-21-7-4-14-24-21/h1-11,14,19,23H,12-13,15-16H2/t19-/m0/s1. The zero-order valence-electron chi connectivity index (χ0n) is 13.6. The van der Waals surface area contributed by atoms with Crippen molar-refractivity contribution in [2.45, 2.75) is 25.3 Å². The number of benzene rings is 2. The molecular weight excluding hydrogens is 318 g/mol. The summed E-state index contributed by atoms with van der Waals surface area (Å²) in [6.07, 6.45) is 3.81. The Labute approximate surface area is 148 Å². The predicted molar refractivity (Wildman–Crippen MR) is 99.4 cm³/mol. The molecule has 0 aliphatic rings. The highest BCUT2D eigenvalue weighted by Crippen LogP contribution is 2.25. The van der Waals surface area contributed by atoms with Gasteiger partial charge in [0.15, 0.2) is 0 Å². The van der Waals surface area contributed by atoms with Crippen molar-refractivity contribution < 1.29 is 4.42 Å². The van der Waals surface area contributed by atoms with Gasteiger partial charge in [-0.15, -0.1) is 0 Å². The predicted octanol–water partition coefficient (Wildman–Crippen LogP) is 5.44. The van der Waals surface area contributed by atoms with Crippen LogP contribution in [0.1, 0.15) is 29.2 Å². The molecule has 0 radical (unpaired) electrons. The molecule has 0 amide bonds. The Morgan fingerprint density at radius 3 is 2.42 bits per heavy atom. The fourth-order valence-corrected chi connectivity index (χ4v) is 3.05. The quantitative estimate of drug-likeness (QED) is 0.553. The second-order valence-corrected chi connectivity index (χ2v) is 6.42. The van der Waals surface area contributed by atoms with Crippen LogP contribution in [0.2, 0.25) is 5.02 Å². The van der Waals surface area contributed by atoms with E-state index in [1.807, 2.05) is 24.3 Å². The molecule has 0 saturated carbocycles. The molecule has 0 saturated heterocycles. The smallest absolute Gasteiger partial charge is 0.117 e. The van der Waals surface area contributed by atoms with E-state index in [9.17, 15) is 0 Å². The Morgan fingerprint density at radius 2 is 1.71 bits per heavy atom. The topological polar surface area (TPSA) is 25.2 Å². The highest BCUT2D eigenvalue weighted by Gasteiger charge is 2.12. The number of hydrogen-bond acceptors (Lipinski definition) is 2. The average molecular weight is 340 g/mol. The molecule has 1 aromatic heterocycles. The largest absolute Gasteiger partial charge is 0.468 e. The molecule has 2 aromatic carbocycles. The molecule has 0 bridgehead atoms. The van der Waals surface area contributed by atoms with Crippen LogP contribution in [0.25, 0.3) is 0 Å². The van der Waals surface area contributed by atoms with Crippen molar-refractivity contribution in [3.63, 3.8) is 0 Å². The van der Waals surface area contributed by atoms with Gasteiger partial charge in [-0.25, -0.2) is 0 Å². The van der Waals surface area contributed by atoms with E-state index in [0.29, 0.717) is 5.92 Å². The summed E-state index contributed by atoms with van der Waals surface area (Å²) >= 11 is 6.04. The summed E-state index contributed by atoms with van der Waals surface area (Å²) in [5.74, 6) is 1.44. The number of furan rings is 1. The zero-order chi connectivity index (χ0) is 16.6. The van der Waals surface area contributed by atoms with Crippen molar-refractivity contribution in [1.82, 2.24) is 5.32 Å². The Bertz CT molecular complexity index is 707. The third-order valence-corrected chi connectivity index (χ3v) is 4.47. The van der Waals surface area contributed by atoms with E-state index in [2.05, 4.69) is 47.8 Å². The van der Waals surface area contributed by atoms with Gasteiger partial charge < -0.3 is 9.73 Å². The molecule has 3 rings (SSSR count). The average Bonchev–Trinajstić information content (AvgIpc) is 3.13. The number of nitrogens with one attached hydrogen (secondary N) is 1. The normalized spacial score (nSPS) is 12.2. The first-order valence-corrected chi connectivity index (χ1v) is 8.71. The lowest BCUT2D eigenvalue weighted by atomic mass is 9.89. The maximum atomic E-state index is 6.04. The Kier molecular flexibility index (Phi) is 6.11. The van der Waals surface area contributed by atoms with E-state index in [0.717, 1.165) is 36.7 Å². The maximum absolute atomic E-state index is 6.04. The van der Waals surface area contributed by atoms with Crippen LogP contribution in [-0.2, 0) is 13.0 Å². The molecular formula is C21H22ClNO. The molecule has 2 nitrogen and oxygen atoms in total. The molecule has 0 spiro atoms. The minimum absolute atomic E-state index is 0.466. The highest BCUT2D eigenvalue weighted by atomic mass is 35.5. The first kappa shape index (κ1) is 16.8. The summed E-state index contributed by atoms with van der Waals surface area (Å²) in [4.78, 5) is 0. The third-order valence-electron chi connectivity index (χ3n) is 4.22. The maximum Gasteiger partial charge on any atom is 0.117 e. The van der Waals surface area contributed by atoms with Crippen molar-refractivity contribution in [3.8, 4) is 0 Å². The Hall–Kier alpha value is -2.03. The summed E-state index contributed by atoms with van der Waals surface area (Å²) in [6.45, 7) is 1.71. The van der Waals surface area contributed by atoms with Gasteiger partial charge in [0.2, 0.25) is 0 Å². The van der Waals surface area contributed by atoms with Gasteiger partial charge in [0.25, 0.3) is 0 Å². The third kappa shape index (κ3) is 4.98. The van der Waals surface area contributed by atoms with Gasteiger partial charge in [-0.3, -0.25) is 0 Å². The summed E-state index contributed by atoms with van der Waals surface area (Å²) in [5.41, 5.74) is 2.70. The Balaban J connectivity index is 1.61. The van der Waals surface area contributed by atoms with Gasteiger partial charge in [0.05, 0.1) is 12.8 Å². The molecule has 0 aliphatic heterocycles. The van der Waals surface area contributed by atoms with Crippen LogP contribution in [0.15, 0.2) is 77.4 Å². The van der Waals surface area contributed by atoms with Crippen LogP contribution in [0, 0.1) is 0 Å². The summed E-state index contributed by atoms with van der Waals surface area (Å²) < 4.78 is 5.36. The van der Waals surface area contributed by atoms with Gasteiger partial charge >= 0.3 is 0 Å². The number of rotatable bonds is 8. The first-order valence-electron chi connectivity index (χ1n) is 8.34. The summed E-state index contributed by atoms with van der Waals surface area (Å²) in [7, 11) is 0. The van der Waals surface area contributed by atoms with Crippen LogP contribution in [0.3, 0.4) is 0 Å². The molecule has 1 N–H and O–H groups in total. The van der Waals surface area contributed by atoms with Crippen molar-refractivity contribution in [2.24, 2.45) is 0 Å². The molecule has 1 heterocycles. The van der Waals surface area contributed by atoms with Gasteiger partial charge in [0, 0.05) is 5.02 Å². The van der Waals surface area contributed by atoms with Gasteiger partial charge in [-0.05, 0) is 60.7 Å². The molecule has 3 aromatic rings. The molecule has 124 valence electrons. The van der Waals surface area contributed by atoms with E-state index in [1.165, 1.54) is 11.1 Å². The van der Waals surface area contributed by atoms with Crippen molar-refractivity contribution in [1.29, 1.82) is 0 Å². The number of halogens is 1. The SMILES string of the molecule is Clc1ccc([C@@H](CCNCc2ccco2)Cc2ccccc2)cc1.